The Morgan fingerprint density at radius 2 is 2.12 bits per heavy atom. The topological polar surface area (TPSA) is 99.0 Å². The summed E-state index contributed by atoms with van der Waals surface area (Å²) in [6.45, 7) is 0.380. The molecule has 0 fully saturated rings. The van der Waals surface area contributed by atoms with Crippen molar-refractivity contribution in [2.24, 2.45) is 5.73 Å². The lowest BCUT2D eigenvalue weighted by Crippen LogP contribution is -2.16. The van der Waals surface area contributed by atoms with Gasteiger partial charge in [0.05, 0.1) is 11.4 Å². The summed E-state index contributed by atoms with van der Waals surface area (Å²) in [5.41, 5.74) is 6.00. The van der Waals surface area contributed by atoms with Crippen molar-refractivity contribution in [1.29, 1.82) is 0 Å². The molecule has 26 heavy (non-hydrogen) atoms. The van der Waals surface area contributed by atoms with Crippen LogP contribution in [0, 0.1) is 5.82 Å². The largest absolute Gasteiger partial charge is 0.455 e. The van der Waals surface area contributed by atoms with Crippen LogP contribution in [0.2, 0.25) is 0 Å². The van der Waals surface area contributed by atoms with Crippen molar-refractivity contribution in [2.75, 3.05) is 13.6 Å². The lowest BCUT2D eigenvalue weighted by molar-refractivity contribution is 0.0934. The van der Waals surface area contributed by atoms with Crippen molar-refractivity contribution in [3.8, 4) is 5.69 Å². The van der Waals surface area contributed by atoms with Crippen molar-refractivity contribution in [1.82, 2.24) is 20.1 Å². The van der Waals surface area contributed by atoms with Gasteiger partial charge in [-0.15, -0.1) is 10.2 Å². The van der Waals surface area contributed by atoms with Crippen LogP contribution in [0.15, 0.2) is 46.0 Å². The molecule has 0 unspecified atom stereocenters. The van der Waals surface area contributed by atoms with Crippen LogP contribution in [0.5, 0.6) is 0 Å². The number of aromatic nitrogens is 3. The van der Waals surface area contributed by atoms with E-state index in [4.69, 9.17) is 10.2 Å². The highest BCUT2D eigenvalue weighted by atomic mass is 32.2. The SMILES string of the molecule is CNC(=O)c1ccc(CSc2nnc(CCN)n2-c2ccccc2F)o1. The molecule has 136 valence electrons. The number of nitrogens with two attached hydrogens (primary N) is 1. The van der Waals surface area contributed by atoms with Gasteiger partial charge in [-0.25, -0.2) is 4.39 Å². The molecule has 0 atom stereocenters. The highest BCUT2D eigenvalue weighted by Gasteiger charge is 2.17. The number of hydrogen-bond donors (Lipinski definition) is 2. The van der Waals surface area contributed by atoms with Crippen LogP contribution in [0.4, 0.5) is 4.39 Å². The summed E-state index contributed by atoms with van der Waals surface area (Å²) in [6.07, 6.45) is 0.476. The van der Waals surface area contributed by atoms with Crippen LogP contribution in [0.25, 0.3) is 5.69 Å². The number of benzene rings is 1. The van der Waals surface area contributed by atoms with Gasteiger partial charge in [0.2, 0.25) is 0 Å². The first-order valence-corrected chi connectivity index (χ1v) is 8.95. The van der Waals surface area contributed by atoms with Crippen molar-refractivity contribution >= 4 is 17.7 Å². The van der Waals surface area contributed by atoms with E-state index in [1.165, 1.54) is 24.9 Å². The molecule has 3 rings (SSSR count). The number of para-hydroxylation sites is 1. The molecule has 2 heterocycles. The fourth-order valence-corrected chi connectivity index (χ4v) is 3.25. The minimum atomic E-state index is -0.368. The molecule has 3 aromatic rings. The summed E-state index contributed by atoms with van der Waals surface area (Å²) in [6, 6.07) is 9.76. The standard InChI is InChI=1S/C17H18FN5O2S/c1-20-16(24)14-7-6-11(25-14)10-26-17-22-21-15(8-9-19)23(17)13-5-3-2-4-12(13)18/h2-7H,8-10,19H2,1H3,(H,20,24). The molecule has 0 aliphatic carbocycles. The monoisotopic (exact) mass is 375 g/mol. The van der Waals surface area contributed by atoms with Crippen LogP contribution >= 0.6 is 11.8 Å². The van der Waals surface area contributed by atoms with E-state index in [-0.39, 0.29) is 17.5 Å². The van der Waals surface area contributed by atoms with Gasteiger partial charge in [0.1, 0.15) is 17.4 Å². The Labute approximate surface area is 153 Å². The molecule has 0 saturated heterocycles. The molecule has 2 aromatic heterocycles. The van der Waals surface area contributed by atoms with E-state index in [1.54, 1.807) is 34.9 Å². The van der Waals surface area contributed by atoms with Gasteiger partial charge in [0.15, 0.2) is 10.9 Å². The van der Waals surface area contributed by atoms with Gasteiger partial charge in [-0.3, -0.25) is 9.36 Å². The minimum Gasteiger partial charge on any atom is -0.455 e. The van der Waals surface area contributed by atoms with Crippen molar-refractivity contribution in [3.63, 3.8) is 0 Å². The molecular weight excluding hydrogens is 357 g/mol. The lowest BCUT2D eigenvalue weighted by atomic mass is 10.3. The fourth-order valence-electron chi connectivity index (χ4n) is 2.40. The van der Waals surface area contributed by atoms with Gasteiger partial charge < -0.3 is 15.5 Å². The zero-order chi connectivity index (χ0) is 18.5. The number of halogens is 1. The Kier molecular flexibility index (Phi) is 5.69. The number of thioether (sulfide) groups is 1. The van der Waals surface area contributed by atoms with Gasteiger partial charge in [-0.2, -0.15) is 0 Å². The molecule has 1 aromatic carbocycles. The summed E-state index contributed by atoms with van der Waals surface area (Å²) in [5, 5.41) is 11.3. The molecule has 3 N–H and O–H groups in total. The molecule has 9 heteroatoms. The van der Waals surface area contributed by atoms with Crippen molar-refractivity contribution in [3.05, 3.63) is 59.6 Å². The molecule has 0 aliphatic rings. The Balaban J connectivity index is 1.85. The maximum absolute atomic E-state index is 14.3. The minimum absolute atomic E-state index is 0.238. The van der Waals surface area contributed by atoms with Crippen molar-refractivity contribution in [2.45, 2.75) is 17.3 Å². The number of carbonyl (C=O) groups excluding carboxylic acids is 1. The Morgan fingerprint density at radius 3 is 2.85 bits per heavy atom. The first-order chi connectivity index (χ1) is 12.6. The van der Waals surface area contributed by atoms with E-state index in [2.05, 4.69) is 15.5 Å². The van der Waals surface area contributed by atoms with Crippen LogP contribution in [-0.4, -0.2) is 34.3 Å². The van der Waals surface area contributed by atoms with E-state index in [0.717, 1.165) is 0 Å². The van der Waals surface area contributed by atoms with E-state index >= 15 is 0 Å². The number of nitrogens with zero attached hydrogens (tertiary/aromatic N) is 3. The summed E-state index contributed by atoms with van der Waals surface area (Å²) >= 11 is 1.34. The second-order valence-electron chi connectivity index (χ2n) is 5.36. The average molecular weight is 375 g/mol. The third kappa shape index (κ3) is 3.78. The Hall–Kier alpha value is -2.65. The van der Waals surface area contributed by atoms with Gasteiger partial charge in [0.25, 0.3) is 5.91 Å². The van der Waals surface area contributed by atoms with Crippen LogP contribution < -0.4 is 11.1 Å². The Morgan fingerprint density at radius 1 is 1.31 bits per heavy atom. The van der Waals surface area contributed by atoms with Gasteiger partial charge in [0, 0.05) is 13.5 Å². The molecule has 0 saturated carbocycles. The second-order valence-corrected chi connectivity index (χ2v) is 6.30. The fraction of sp³-hybridized carbons (Fsp3) is 0.235. The van der Waals surface area contributed by atoms with Crippen LogP contribution in [-0.2, 0) is 12.2 Å². The normalized spacial score (nSPS) is 10.9. The van der Waals surface area contributed by atoms with E-state index in [1.807, 2.05) is 0 Å². The molecule has 0 bridgehead atoms. The maximum atomic E-state index is 14.3. The number of hydrogen-bond acceptors (Lipinski definition) is 6. The molecule has 0 spiro atoms. The van der Waals surface area contributed by atoms with E-state index < -0.39 is 0 Å². The van der Waals surface area contributed by atoms with Crippen molar-refractivity contribution < 1.29 is 13.6 Å². The molecule has 0 aliphatic heterocycles. The number of nitrogens with one attached hydrogen (secondary N) is 1. The summed E-state index contributed by atoms with van der Waals surface area (Å²) in [7, 11) is 1.54. The molecular formula is C17H18FN5O2S. The quantitative estimate of drug-likeness (QED) is 0.614. The predicted molar refractivity (Wildman–Crippen MR) is 95.7 cm³/mol. The van der Waals surface area contributed by atoms with Gasteiger partial charge >= 0.3 is 0 Å². The maximum Gasteiger partial charge on any atom is 0.286 e. The highest BCUT2D eigenvalue weighted by Crippen LogP contribution is 2.27. The molecule has 1 amide bonds. The third-order valence-corrected chi connectivity index (χ3v) is 4.57. The first kappa shape index (κ1) is 18.2. The first-order valence-electron chi connectivity index (χ1n) is 7.97. The Bertz CT molecular complexity index is 908. The van der Waals surface area contributed by atoms with Gasteiger partial charge in [-0.05, 0) is 30.8 Å². The number of rotatable bonds is 7. The molecule has 0 radical (unpaired) electrons. The number of carbonyl (C=O) groups is 1. The third-order valence-electron chi connectivity index (χ3n) is 3.62. The smallest absolute Gasteiger partial charge is 0.286 e. The van der Waals surface area contributed by atoms with E-state index in [9.17, 15) is 9.18 Å². The number of furan rings is 1. The predicted octanol–water partition coefficient (Wildman–Crippen LogP) is 2.15. The summed E-state index contributed by atoms with van der Waals surface area (Å²) < 4.78 is 21.4. The summed E-state index contributed by atoms with van der Waals surface area (Å²) in [5.74, 6) is 1.20. The zero-order valence-electron chi connectivity index (χ0n) is 14.1. The van der Waals surface area contributed by atoms with Gasteiger partial charge in [-0.1, -0.05) is 23.9 Å². The number of amides is 1. The average Bonchev–Trinajstić information content (AvgIpc) is 3.27. The summed E-state index contributed by atoms with van der Waals surface area (Å²) in [4.78, 5) is 11.6. The van der Waals surface area contributed by atoms with Crippen LogP contribution in [0.1, 0.15) is 22.1 Å². The highest BCUT2D eigenvalue weighted by molar-refractivity contribution is 7.98. The lowest BCUT2D eigenvalue weighted by Gasteiger charge is -2.10. The molecule has 7 nitrogen and oxygen atoms in total. The zero-order valence-corrected chi connectivity index (χ0v) is 14.9. The van der Waals surface area contributed by atoms with E-state index in [0.29, 0.717) is 41.1 Å². The second kappa shape index (κ2) is 8.15. The van der Waals surface area contributed by atoms with Crippen LogP contribution in [0.3, 0.4) is 0 Å².